The quantitative estimate of drug-likeness (QED) is 0.635. The summed E-state index contributed by atoms with van der Waals surface area (Å²) in [4.78, 5) is 24.6. The van der Waals surface area contributed by atoms with Crippen molar-refractivity contribution in [3.05, 3.63) is 52.5 Å². The summed E-state index contributed by atoms with van der Waals surface area (Å²) in [6, 6.07) is 12.3. The largest absolute Gasteiger partial charge is 0.492 e. The number of amides is 2. The zero-order chi connectivity index (χ0) is 20.0. The van der Waals surface area contributed by atoms with Crippen LogP contribution in [0.4, 0.5) is 11.4 Å². The highest BCUT2D eigenvalue weighted by Crippen LogP contribution is 2.27. The Morgan fingerprint density at radius 2 is 1.70 bits per heavy atom. The second kappa shape index (κ2) is 9.04. The molecule has 0 bridgehead atoms. The molecule has 0 fully saturated rings. The molecule has 0 unspecified atom stereocenters. The van der Waals surface area contributed by atoms with Crippen molar-refractivity contribution in [1.29, 1.82) is 0 Å². The van der Waals surface area contributed by atoms with Crippen LogP contribution in [0.5, 0.6) is 5.75 Å². The van der Waals surface area contributed by atoms with E-state index in [9.17, 15) is 9.59 Å². The number of nitrogens with one attached hydrogen (secondary N) is 2. The number of hydrogen-bond donors (Lipinski definition) is 2. The lowest BCUT2D eigenvalue weighted by Crippen LogP contribution is -2.27. The highest BCUT2D eigenvalue weighted by atomic mass is 79.9. The van der Waals surface area contributed by atoms with E-state index in [4.69, 9.17) is 4.74 Å². The average Bonchev–Trinajstić information content (AvgIpc) is 2.60. The molecule has 144 valence electrons. The Balaban J connectivity index is 2.08. The summed E-state index contributed by atoms with van der Waals surface area (Å²) in [5, 5.41) is 5.71. The first-order valence-electron chi connectivity index (χ1n) is 8.86. The number of carbonyl (C=O) groups excluding carboxylic acids is 2. The molecule has 2 aromatic carbocycles. The monoisotopic (exact) mass is 432 g/mol. The summed E-state index contributed by atoms with van der Waals surface area (Å²) in [7, 11) is 0. The predicted molar refractivity (Wildman–Crippen MR) is 112 cm³/mol. The van der Waals surface area contributed by atoms with Gasteiger partial charge >= 0.3 is 0 Å². The van der Waals surface area contributed by atoms with Crippen molar-refractivity contribution >= 4 is 39.1 Å². The summed E-state index contributed by atoms with van der Waals surface area (Å²) in [5.41, 5.74) is 1.26. The van der Waals surface area contributed by atoms with Crippen LogP contribution in [0.25, 0.3) is 0 Å². The van der Waals surface area contributed by atoms with Crippen molar-refractivity contribution < 1.29 is 14.3 Å². The molecule has 2 rings (SSSR count). The number of hydrogen-bond acceptors (Lipinski definition) is 3. The van der Waals surface area contributed by atoms with Gasteiger partial charge in [0, 0.05) is 22.4 Å². The molecular weight excluding hydrogens is 408 g/mol. The van der Waals surface area contributed by atoms with Gasteiger partial charge in [-0.3, -0.25) is 9.59 Å². The Morgan fingerprint density at radius 1 is 1.04 bits per heavy atom. The van der Waals surface area contributed by atoms with Gasteiger partial charge in [0.15, 0.2) is 0 Å². The summed E-state index contributed by atoms with van der Waals surface area (Å²) in [6.07, 6.45) is 0.913. The maximum absolute atomic E-state index is 12.5. The fourth-order valence-corrected chi connectivity index (χ4v) is 2.66. The van der Waals surface area contributed by atoms with Gasteiger partial charge in [-0.15, -0.1) is 0 Å². The maximum Gasteiger partial charge on any atom is 0.255 e. The summed E-state index contributed by atoms with van der Waals surface area (Å²) in [5.74, 6) is 0.384. The van der Waals surface area contributed by atoms with E-state index >= 15 is 0 Å². The second-order valence-corrected chi connectivity index (χ2v) is 8.09. The van der Waals surface area contributed by atoms with Crippen molar-refractivity contribution in [1.82, 2.24) is 0 Å². The van der Waals surface area contributed by atoms with E-state index in [0.29, 0.717) is 29.3 Å². The first-order valence-corrected chi connectivity index (χ1v) is 9.65. The molecule has 0 radical (unpaired) electrons. The SMILES string of the molecule is CCCOc1ccc(C(=O)Nc2cccc(NC(=O)C(C)(C)C)c2)cc1Br. The first kappa shape index (κ1) is 21.0. The van der Waals surface area contributed by atoms with Crippen LogP contribution < -0.4 is 15.4 Å². The van der Waals surface area contributed by atoms with Crippen LogP contribution in [-0.2, 0) is 4.79 Å². The van der Waals surface area contributed by atoms with Gasteiger partial charge in [0.2, 0.25) is 5.91 Å². The average molecular weight is 433 g/mol. The molecule has 2 N–H and O–H groups in total. The number of rotatable bonds is 6. The Bertz CT molecular complexity index is 828. The minimum atomic E-state index is -0.493. The van der Waals surface area contributed by atoms with Crippen LogP contribution in [0, 0.1) is 5.41 Å². The molecule has 0 aliphatic carbocycles. The van der Waals surface area contributed by atoms with E-state index in [-0.39, 0.29) is 11.8 Å². The Kier molecular flexibility index (Phi) is 7.02. The third-order valence-corrected chi connectivity index (χ3v) is 4.33. The molecule has 0 aliphatic rings. The van der Waals surface area contributed by atoms with E-state index < -0.39 is 5.41 Å². The minimum absolute atomic E-state index is 0.0856. The van der Waals surface area contributed by atoms with Gasteiger partial charge in [0.05, 0.1) is 11.1 Å². The van der Waals surface area contributed by atoms with Crippen LogP contribution >= 0.6 is 15.9 Å². The van der Waals surface area contributed by atoms with Crippen LogP contribution in [0.1, 0.15) is 44.5 Å². The molecule has 5 nitrogen and oxygen atoms in total. The standard InChI is InChI=1S/C21H25BrN2O3/c1-5-11-27-18-10-9-14(12-17(18)22)19(25)23-15-7-6-8-16(13-15)24-20(26)21(2,3)4/h6-10,12-13H,5,11H2,1-4H3,(H,23,25)(H,24,26). The normalized spacial score (nSPS) is 11.0. The zero-order valence-electron chi connectivity index (χ0n) is 16.1. The Labute approximate surface area is 168 Å². The first-order chi connectivity index (χ1) is 12.7. The number of carbonyl (C=O) groups is 2. The molecule has 2 aromatic rings. The fraction of sp³-hybridized carbons (Fsp3) is 0.333. The number of anilines is 2. The third-order valence-electron chi connectivity index (χ3n) is 3.72. The lowest BCUT2D eigenvalue weighted by atomic mass is 9.95. The molecule has 6 heteroatoms. The van der Waals surface area contributed by atoms with Crippen LogP contribution in [0.3, 0.4) is 0 Å². The van der Waals surface area contributed by atoms with Gasteiger partial charge in [-0.2, -0.15) is 0 Å². The van der Waals surface area contributed by atoms with Crippen LogP contribution in [0.2, 0.25) is 0 Å². The van der Waals surface area contributed by atoms with E-state index in [2.05, 4.69) is 26.6 Å². The van der Waals surface area contributed by atoms with Crippen LogP contribution in [0.15, 0.2) is 46.9 Å². The van der Waals surface area contributed by atoms with Crippen molar-refractivity contribution in [2.24, 2.45) is 5.41 Å². The number of benzene rings is 2. The van der Waals surface area contributed by atoms with Gasteiger partial charge in [0.1, 0.15) is 5.75 Å². The molecule has 0 aromatic heterocycles. The smallest absolute Gasteiger partial charge is 0.255 e. The van der Waals surface area contributed by atoms with Gasteiger partial charge < -0.3 is 15.4 Å². The Morgan fingerprint density at radius 3 is 2.30 bits per heavy atom. The van der Waals surface area contributed by atoms with E-state index in [1.54, 1.807) is 42.5 Å². The fourth-order valence-electron chi connectivity index (χ4n) is 2.17. The van der Waals surface area contributed by atoms with Gasteiger partial charge in [-0.25, -0.2) is 0 Å². The van der Waals surface area contributed by atoms with Crippen molar-refractivity contribution in [2.75, 3.05) is 17.2 Å². The predicted octanol–water partition coefficient (Wildman–Crippen LogP) is 5.47. The summed E-state index contributed by atoms with van der Waals surface area (Å²) in [6.45, 7) is 8.20. The van der Waals surface area contributed by atoms with Crippen molar-refractivity contribution in [3.8, 4) is 5.75 Å². The van der Waals surface area contributed by atoms with Gasteiger partial charge in [0.25, 0.3) is 5.91 Å². The molecule has 27 heavy (non-hydrogen) atoms. The lowest BCUT2D eigenvalue weighted by molar-refractivity contribution is -0.123. The third kappa shape index (κ3) is 6.10. The molecule has 0 saturated carbocycles. The zero-order valence-corrected chi connectivity index (χ0v) is 17.6. The lowest BCUT2D eigenvalue weighted by Gasteiger charge is -2.18. The van der Waals surface area contributed by atoms with Crippen molar-refractivity contribution in [2.45, 2.75) is 34.1 Å². The maximum atomic E-state index is 12.5. The molecule has 0 aliphatic heterocycles. The topological polar surface area (TPSA) is 67.4 Å². The van der Waals surface area contributed by atoms with Crippen LogP contribution in [-0.4, -0.2) is 18.4 Å². The van der Waals surface area contributed by atoms with E-state index in [0.717, 1.165) is 10.9 Å². The van der Waals surface area contributed by atoms with E-state index in [1.165, 1.54) is 0 Å². The highest BCUT2D eigenvalue weighted by molar-refractivity contribution is 9.10. The van der Waals surface area contributed by atoms with Gasteiger partial charge in [-0.05, 0) is 58.7 Å². The molecule has 0 saturated heterocycles. The molecule has 2 amide bonds. The highest BCUT2D eigenvalue weighted by Gasteiger charge is 2.21. The summed E-state index contributed by atoms with van der Waals surface area (Å²) >= 11 is 3.44. The second-order valence-electron chi connectivity index (χ2n) is 7.23. The molecular formula is C21H25BrN2O3. The molecule has 0 atom stereocenters. The minimum Gasteiger partial charge on any atom is -0.492 e. The Hall–Kier alpha value is -2.34. The van der Waals surface area contributed by atoms with Gasteiger partial charge in [-0.1, -0.05) is 33.8 Å². The molecule has 0 spiro atoms. The number of ether oxygens (including phenoxy) is 1. The number of halogens is 1. The summed E-state index contributed by atoms with van der Waals surface area (Å²) < 4.78 is 6.33. The van der Waals surface area contributed by atoms with E-state index in [1.807, 2.05) is 27.7 Å². The molecule has 0 heterocycles. The van der Waals surface area contributed by atoms with Crippen molar-refractivity contribution in [3.63, 3.8) is 0 Å².